The molecule has 0 aliphatic heterocycles. The molecule has 0 bridgehead atoms. The molecule has 0 aliphatic rings. The lowest BCUT2D eigenvalue weighted by Gasteiger charge is -2.14. The zero-order valence-corrected chi connectivity index (χ0v) is 21.7. The van der Waals surface area contributed by atoms with Crippen LogP contribution in [-0.4, -0.2) is 37.7 Å². The molecule has 2 aromatic heterocycles. The van der Waals surface area contributed by atoms with Gasteiger partial charge in [0.25, 0.3) is 0 Å². The van der Waals surface area contributed by atoms with Crippen LogP contribution in [0.3, 0.4) is 0 Å². The first-order valence-electron chi connectivity index (χ1n) is 12.0. The number of carboxylic acids is 1. The lowest BCUT2D eigenvalue weighted by atomic mass is 9.89. The van der Waals surface area contributed by atoms with Crippen molar-refractivity contribution in [2.24, 2.45) is 0 Å². The number of allylic oxidation sites excluding steroid dienone is 1. The van der Waals surface area contributed by atoms with E-state index in [2.05, 4.69) is 13.7 Å². The third-order valence-electron chi connectivity index (χ3n) is 6.08. The summed E-state index contributed by atoms with van der Waals surface area (Å²) in [4.78, 5) is 30.7. The van der Waals surface area contributed by atoms with Gasteiger partial charge in [0.15, 0.2) is 5.78 Å². The Morgan fingerprint density at radius 3 is 2.28 bits per heavy atom. The van der Waals surface area contributed by atoms with Crippen LogP contribution in [0.5, 0.6) is 11.6 Å². The number of nitrogens with zero attached hydrogens (tertiary/aromatic N) is 3. The van der Waals surface area contributed by atoms with Crippen LogP contribution in [0.25, 0.3) is 16.6 Å². The molecule has 39 heavy (non-hydrogen) atoms. The van der Waals surface area contributed by atoms with Crippen LogP contribution in [0.4, 0.5) is 0 Å². The Hall–Kier alpha value is -4.89. The average molecular weight is 538 g/mol. The molecule has 0 amide bonds. The van der Waals surface area contributed by atoms with E-state index < -0.39 is 11.8 Å². The number of pyridine rings is 1. The van der Waals surface area contributed by atoms with Gasteiger partial charge in [0, 0.05) is 29.8 Å². The van der Waals surface area contributed by atoms with Gasteiger partial charge in [-0.1, -0.05) is 42.5 Å². The van der Waals surface area contributed by atoms with E-state index >= 15 is 0 Å². The first-order chi connectivity index (χ1) is 19.0. The molecular weight excluding hydrogens is 514 g/mol. The van der Waals surface area contributed by atoms with E-state index in [1.165, 1.54) is 7.11 Å². The van der Waals surface area contributed by atoms with E-state index in [0.29, 0.717) is 46.0 Å². The van der Waals surface area contributed by atoms with Gasteiger partial charge in [-0.2, -0.15) is 8.75 Å². The van der Waals surface area contributed by atoms with Crippen molar-refractivity contribution < 1.29 is 24.2 Å². The molecule has 0 aliphatic carbocycles. The predicted molar refractivity (Wildman–Crippen MR) is 148 cm³/mol. The number of methoxy groups -OCH3 is 1. The zero-order chi connectivity index (χ0) is 27.2. The summed E-state index contributed by atoms with van der Waals surface area (Å²) in [6.07, 6.45) is 1.62. The van der Waals surface area contributed by atoms with Crippen molar-refractivity contribution in [2.45, 2.75) is 13.0 Å². The van der Waals surface area contributed by atoms with Crippen LogP contribution in [0.2, 0.25) is 0 Å². The highest BCUT2D eigenvalue weighted by atomic mass is 32.1. The van der Waals surface area contributed by atoms with E-state index in [-0.39, 0.29) is 17.6 Å². The third kappa shape index (κ3) is 6.00. The molecule has 0 unspecified atom stereocenters. The van der Waals surface area contributed by atoms with Crippen molar-refractivity contribution in [3.63, 3.8) is 0 Å². The van der Waals surface area contributed by atoms with Gasteiger partial charge < -0.3 is 14.6 Å². The third-order valence-corrected chi connectivity index (χ3v) is 6.64. The van der Waals surface area contributed by atoms with E-state index in [4.69, 9.17) is 9.47 Å². The number of hydrogen-bond donors (Lipinski definition) is 1. The van der Waals surface area contributed by atoms with Crippen LogP contribution in [0.1, 0.15) is 27.0 Å². The number of carbonyl (C=O) groups excluding carboxylic acids is 1. The maximum atomic E-state index is 13.9. The first-order valence-corrected chi connectivity index (χ1v) is 12.7. The number of benzene rings is 3. The van der Waals surface area contributed by atoms with Crippen molar-refractivity contribution >= 4 is 40.1 Å². The molecule has 5 rings (SSSR count). The van der Waals surface area contributed by atoms with E-state index in [0.717, 1.165) is 17.3 Å². The minimum atomic E-state index is -1.22. The Balaban J connectivity index is 1.51. The Bertz CT molecular complexity index is 1650. The van der Waals surface area contributed by atoms with Gasteiger partial charge in [-0.25, -0.2) is 9.78 Å². The fraction of sp³-hybridized carbons (Fsp3) is 0.100. The largest absolute Gasteiger partial charge is 0.489 e. The van der Waals surface area contributed by atoms with E-state index in [9.17, 15) is 14.7 Å². The highest BCUT2D eigenvalue weighted by Gasteiger charge is 2.24. The predicted octanol–water partition coefficient (Wildman–Crippen LogP) is 5.64. The standard InChI is InChI=1S/C30H23N3O5S/c1-37-27-14-7-20(17-31-27)15-24(28(30(35)36)22-10-13-25-26(16-22)33-39-32-25)29(34)21-8-11-23(12-9-21)38-18-19-5-3-2-4-6-19/h2-14,16-17H,15,18H2,1H3,(H,35,36). The van der Waals surface area contributed by atoms with Gasteiger partial charge in [0.1, 0.15) is 23.4 Å². The quantitative estimate of drug-likeness (QED) is 0.180. The van der Waals surface area contributed by atoms with Gasteiger partial charge in [0.05, 0.1) is 24.4 Å². The topological polar surface area (TPSA) is 112 Å². The summed E-state index contributed by atoms with van der Waals surface area (Å²) in [5.41, 5.74) is 3.64. The molecule has 5 aromatic rings. The van der Waals surface area contributed by atoms with E-state index in [1.54, 1.807) is 60.8 Å². The maximum absolute atomic E-state index is 13.9. The number of hydrogen-bond acceptors (Lipinski definition) is 8. The number of Topliss-reactive ketones (excluding diaryl/α,β-unsaturated/α-hetero) is 1. The molecule has 0 radical (unpaired) electrons. The number of carboxylic acid groups (broad SMARTS) is 1. The van der Waals surface area contributed by atoms with Gasteiger partial charge in [-0.05, 0) is 53.1 Å². The van der Waals surface area contributed by atoms with Crippen LogP contribution >= 0.6 is 11.7 Å². The molecule has 0 spiro atoms. The number of fused-ring (bicyclic) bond motifs is 1. The van der Waals surface area contributed by atoms with Crippen molar-refractivity contribution in [1.29, 1.82) is 0 Å². The van der Waals surface area contributed by atoms with Crippen LogP contribution in [-0.2, 0) is 17.8 Å². The molecule has 9 heteroatoms. The minimum absolute atomic E-state index is 0.0527. The van der Waals surface area contributed by atoms with E-state index in [1.807, 2.05) is 30.3 Å². The highest BCUT2D eigenvalue weighted by Crippen LogP contribution is 2.28. The SMILES string of the molecule is COc1ccc(CC(C(=O)c2ccc(OCc3ccccc3)cc2)=C(C(=O)O)c2ccc3nsnc3c2)cn1. The summed E-state index contributed by atoms with van der Waals surface area (Å²) in [6.45, 7) is 0.390. The number of aromatic nitrogens is 3. The van der Waals surface area contributed by atoms with Gasteiger partial charge in [0.2, 0.25) is 5.88 Å². The van der Waals surface area contributed by atoms with Gasteiger partial charge in [-0.3, -0.25) is 4.79 Å². The summed E-state index contributed by atoms with van der Waals surface area (Å²) >= 11 is 1.04. The Morgan fingerprint density at radius 2 is 1.59 bits per heavy atom. The van der Waals surface area contributed by atoms with Crippen molar-refractivity contribution in [3.05, 3.63) is 119 Å². The van der Waals surface area contributed by atoms with Crippen LogP contribution in [0, 0.1) is 0 Å². The molecule has 0 atom stereocenters. The number of carbonyl (C=O) groups is 2. The first kappa shape index (κ1) is 25.7. The molecular formula is C30H23N3O5S. The Morgan fingerprint density at radius 1 is 0.846 bits per heavy atom. The number of ether oxygens (including phenoxy) is 2. The number of rotatable bonds is 10. The maximum Gasteiger partial charge on any atom is 0.336 e. The Labute approximate surface area is 228 Å². The average Bonchev–Trinajstić information content (AvgIpc) is 3.44. The summed E-state index contributed by atoms with van der Waals surface area (Å²) in [5, 5.41) is 10.3. The summed E-state index contributed by atoms with van der Waals surface area (Å²) < 4.78 is 19.4. The van der Waals surface area contributed by atoms with Gasteiger partial charge >= 0.3 is 5.97 Å². The fourth-order valence-corrected chi connectivity index (χ4v) is 4.62. The molecule has 3 aromatic carbocycles. The second-order valence-electron chi connectivity index (χ2n) is 8.64. The summed E-state index contributed by atoms with van der Waals surface area (Å²) in [7, 11) is 1.51. The lowest BCUT2D eigenvalue weighted by Crippen LogP contribution is -2.14. The van der Waals surface area contributed by atoms with Crippen molar-refractivity contribution in [3.8, 4) is 11.6 Å². The highest BCUT2D eigenvalue weighted by molar-refractivity contribution is 7.00. The Kier molecular flexibility index (Phi) is 7.70. The molecule has 8 nitrogen and oxygen atoms in total. The number of ketones is 1. The fourth-order valence-electron chi connectivity index (χ4n) is 4.10. The smallest absolute Gasteiger partial charge is 0.336 e. The minimum Gasteiger partial charge on any atom is -0.489 e. The number of aliphatic carboxylic acids is 1. The monoisotopic (exact) mass is 537 g/mol. The summed E-state index contributed by atoms with van der Waals surface area (Å²) in [5.74, 6) is -0.610. The van der Waals surface area contributed by atoms with Crippen LogP contribution < -0.4 is 9.47 Å². The summed E-state index contributed by atoms with van der Waals surface area (Å²) in [6, 6.07) is 24.9. The molecule has 1 N–H and O–H groups in total. The van der Waals surface area contributed by atoms with Crippen molar-refractivity contribution in [1.82, 2.24) is 13.7 Å². The molecule has 0 saturated carbocycles. The molecule has 194 valence electrons. The zero-order valence-electron chi connectivity index (χ0n) is 20.9. The second kappa shape index (κ2) is 11.7. The van der Waals surface area contributed by atoms with Crippen molar-refractivity contribution in [2.75, 3.05) is 7.11 Å². The van der Waals surface area contributed by atoms with Gasteiger partial charge in [-0.15, -0.1) is 0 Å². The second-order valence-corrected chi connectivity index (χ2v) is 9.17. The lowest BCUT2D eigenvalue weighted by molar-refractivity contribution is -0.130. The molecule has 0 saturated heterocycles. The molecule has 2 heterocycles. The normalized spacial score (nSPS) is 11.6. The van der Waals surface area contributed by atoms with Crippen LogP contribution in [0.15, 0.2) is 96.7 Å². The molecule has 0 fully saturated rings.